The largest absolute Gasteiger partial charge is 0.495 e. The minimum Gasteiger partial charge on any atom is -0.495 e. The third-order valence-corrected chi connectivity index (χ3v) is 3.61. The minimum absolute atomic E-state index is 0.00144. The number of rotatable bonds is 6. The summed E-state index contributed by atoms with van der Waals surface area (Å²) >= 11 is 6.03. The van der Waals surface area contributed by atoms with Gasteiger partial charge in [-0.1, -0.05) is 11.6 Å². The van der Waals surface area contributed by atoms with Crippen molar-refractivity contribution < 1.29 is 9.53 Å². The molecule has 5 heteroatoms. The quantitative estimate of drug-likeness (QED) is 0.843. The maximum atomic E-state index is 11.7. The van der Waals surface area contributed by atoms with Gasteiger partial charge in [0.1, 0.15) is 5.75 Å². The summed E-state index contributed by atoms with van der Waals surface area (Å²) in [6, 6.07) is 3.64. The van der Waals surface area contributed by atoms with E-state index in [2.05, 4.69) is 10.6 Å². The normalized spacial score (nSPS) is 14.1. The number of benzene rings is 1. The fourth-order valence-electron chi connectivity index (χ4n) is 1.79. The first-order chi connectivity index (χ1) is 9.10. The number of aryl methyl sites for hydroxylation is 1. The van der Waals surface area contributed by atoms with E-state index in [0.717, 1.165) is 17.8 Å². The number of ether oxygens (including phenoxy) is 1. The molecule has 0 spiro atoms. The van der Waals surface area contributed by atoms with Crippen LogP contribution in [0, 0.1) is 12.8 Å². The third-order valence-electron chi connectivity index (χ3n) is 3.20. The van der Waals surface area contributed by atoms with E-state index in [1.54, 1.807) is 13.2 Å². The molecule has 0 aliphatic heterocycles. The van der Waals surface area contributed by atoms with Crippen molar-refractivity contribution in [2.24, 2.45) is 5.92 Å². The molecule has 0 bridgehead atoms. The SMILES string of the molecule is COc1cc(Cl)c(C)cc1NCC(=O)NCC1CC1. The van der Waals surface area contributed by atoms with Crippen LogP contribution in [-0.2, 0) is 4.79 Å². The van der Waals surface area contributed by atoms with E-state index in [0.29, 0.717) is 16.7 Å². The Labute approximate surface area is 118 Å². The zero-order valence-electron chi connectivity index (χ0n) is 11.3. The summed E-state index contributed by atoms with van der Waals surface area (Å²) in [5, 5.41) is 6.64. The smallest absolute Gasteiger partial charge is 0.239 e. The molecule has 1 aliphatic carbocycles. The lowest BCUT2D eigenvalue weighted by atomic mass is 10.2. The van der Waals surface area contributed by atoms with E-state index in [1.807, 2.05) is 13.0 Å². The van der Waals surface area contributed by atoms with Gasteiger partial charge >= 0.3 is 0 Å². The molecule has 1 aromatic rings. The highest BCUT2D eigenvalue weighted by Gasteiger charge is 2.21. The molecule has 4 nitrogen and oxygen atoms in total. The number of carbonyl (C=O) groups is 1. The van der Waals surface area contributed by atoms with Crippen LogP contribution in [0.15, 0.2) is 12.1 Å². The van der Waals surface area contributed by atoms with Gasteiger partial charge in [0.25, 0.3) is 0 Å². The Bertz CT molecular complexity index is 473. The Hall–Kier alpha value is -1.42. The number of amides is 1. The number of hydrogen-bond donors (Lipinski definition) is 2. The summed E-state index contributed by atoms with van der Waals surface area (Å²) in [5.41, 5.74) is 1.73. The average Bonchev–Trinajstić information content (AvgIpc) is 3.21. The van der Waals surface area contributed by atoms with Gasteiger partial charge in [0.15, 0.2) is 0 Å². The highest BCUT2D eigenvalue weighted by Crippen LogP contribution is 2.30. The van der Waals surface area contributed by atoms with Crippen LogP contribution in [0.5, 0.6) is 5.75 Å². The molecule has 0 saturated heterocycles. The summed E-state index contributed by atoms with van der Waals surface area (Å²) in [6.07, 6.45) is 2.47. The van der Waals surface area contributed by atoms with Crippen molar-refractivity contribution in [3.8, 4) is 5.75 Å². The van der Waals surface area contributed by atoms with Gasteiger partial charge in [0.05, 0.1) is 19.3 Å². The molecule has 1 saturated carbocycles. The highest BCUT2D eigenvalue weighted by atomic mass is 35.5. The van der Waals surface area contributed by atoms with Crippen molar-refractivity contribution in [1.82, 2.24) is 5.32 Å². The Morgan fingerprint density at radius 3 is 2.84 bits per heavy atom. The molecule has 1 amide bonds. The van der Waals surface area contributed by atoms with Crippen molar-refractivity contribution >= 4 is 23.2 Å². The number of carbonyl (C=O) groups excluding carboxylic acids is 1. The molecule has 0 radical (unpaired) electrons. The van der Waals surface area contributed by atoms with Crippen LogP contribution in [-0.4, -0.2) is 26.1 Å². The first kappa shape index (κ1) is 14.0. The Morgan fingerprint density at radius 1 is 1.47 bits per heavy atom. The van der Waals surface area contributed by atoms with Crippen molar-refractivity contribution in [1.29, 1.82) is 0 Å². The van der Waals surface area contributed by atoms with Crippen LogP contribution >= 0.6 is 11.6 Å². The molecule has 1 aliphatic rings. The van der Waals surface area contributed by atoms with Crippen LogP contribution in [0.2, 0.25) is 5.02 Å². The summed E-state index contributed by atoms with van der Waals surface area (Å²) < 4.78 is 5.24. The fraction of sp³-hybridized carbons (Fsp3) is 0.500. The zero-order chi connectivity index (χ0) is 13.8. The summed E-state index contributed by atoms with van der Waals surface area (Å²) in [5.74, 6) is 1.34. The van der Waals surface area contributed by atoms with Gasteiger partial charge in [-0.05, 0) is 37.3 Å². The molecular weight excluding hydrogens is 264 g/mol. The predicted octanol–water partition coefficient (Wildman–Crippen LogP) is 2.60. The molecule has 1 aromatic carbocycles. The lowest BCUT2D eigenvalue weighted by Gasteiger charge is -2.13. The van der Waals surface area contributed by atoms with Gasteiger partial charge in [0, 0.05) is 17.6 Å². The second-order valence-electron chi connectivity index (χ2n) is 4.90. The summed E-state index contributed by atoms with van der Waals surface area (Å²) in [4.78, 5) is 11.7. The molecule has 0 atom stereocenters. The van der Waals surface area contributed by atoms with E-state index in [-0.39, 0.29) is 12.5 Å². The highest BCUT2D eigenvalue weighted by molar-refractivity contribution is 6.31. The van der Waals surface area contributed by atoms with Crippen molar-refractivity contribution in [3.63, 3.8) is 0 Å². The Morgan fingerprint density at radius 2 is 2.21 bits per heavy atom. The number of hydrogen-bond acceptors (Lipinski definition) is 3. The lowest BCUT2D eigenvalue weighted by molar-refractivity contribution is -0.119. The number of halogens is 1. The van der Waals surface area contributed by atoms with Gasteiger partial charge in [-0.3, -0.25) is 4.79 Å². The minimum atomic E-state index is 0.00144. The van der Waals surface area contributed by atoms with E-state index in [1.165, 1.54) is 12.8 Å². The molecule has 0 heterocycles. The van der Waals surface area contributed by atoms with Crippen molar-refractivity contribution in [2.45, 2.75) is 19.8 Å². The van der Waals surface area contributed by atoms with Crippen molar-refractivity contribution in [3.05, 3.63) is 22.7 Å². The van der Waals surface area contributed by atoms with Gasteiger partial charge in [-0.25, -0.2) is 0 Å². The molecule has 2 N–H and O–H groups in total. The van der Waals surface area contributed by atoms with Crippen LogP contribution in [0.4, 0.5) is 5.69 Å². The molecule has 0 aromatic heterocycles. The Balaban J connectivity index is 1.90. The van der Waals surface area contributed by atoms with E-state index in [9.17, 15) is 4.79 Å². The summed E-state index contributed by atoms with van der Waals surface area (Å²) in [7, 11) is 1.58. The maximum absolute atomic E-state index is 11.7. The summed E-state index contributed by atoms with van der Waals surface area (Å²) in [6.45, 7) is 2.95. The van der Waals surface area contributed by atoms with E-state index in [4.69, 9.17) is 16.3 Å². The first-order valence-corrected chi connectivity index (χ1v) is 6.82. The first-order valence-electron chi connectivity index (χ1n) is 6.45. The molecule has 0 unspecified atom stereocenters. The van der Waals surface area contributed by atoms with Crippen LogP contribution in [0.25, 0.3) is 0 Å². The van der Waals surface area contributed by atoms with Crippen LogP contribution in [0.3, 0.4) is 0 Å². The Kier molecular flexibility index (Phi) is 4.53. The lowest BCUT2D eigenvalue weighted by Crippen LogP contribution is -2.31. The number of methoxy groups -OCH3 is 1. The van der Waals surface area contributed by atoms with E-state index < -0.39 is 0 Å². The fourth-order valence-corrected chi connectivity index (χ4v) is 1.94. The van der Waals surface area contributed by atoms with Gasteiger partial charge in [-0.15, -0.1) is 0 Å². The van der Waals surface area contributed by atoms with E-state index >= 15 is 0 Å². The molecule has 1 fully saturated rings. The van der Waals surface area contributed by atoms with Crippen LogP contribution < -0.4 is 15.4 Å². The molecule has 2 rings (SSSR count). The molecular formula is C14H19ClN2O2. The second kappa shape index (κ2) is 6.15. The second-order valence-corrected chi connectivity index (χ2v) is 5.31. The molecule has 104 valence electrons. The third kappa shape index (κ3) is 4.03. The zero-order valence-corrected chi connectivity index (χ0v) is 12.0. The van der Waals surface area contributed by atoms with Crippen molar-refractivity contribution in [2.75, 3.05) is 25.5 Å². The number of anilines is 1. The standard InChI is InChI=1S/C14H19ClN2O2/c1-9-5-12(13(19-2)6-11(9)15)16-8-14(18)17-7-10-3-4-10/h5-6,10,16H,3-4,7-8H2,1-2H3,(H,17,18). The predicted molar refractivity (Wildman–Crippen MR) is 77.0 cm³/mol. The molecule has 19 heavy (non-hydrogen) atoms. The van der Waals surface area contributed by atoms with Gasteiger partial charge < -0.3 is 15.4 Å². The number of nitrogens with one attached hydrogen (secondary N) is 2. The topological polar surface area (TPSA) is 50.4 Å². The monoisotopic (exact) mass is 282 g/mol. The average molecular weight is 283 g/mol. The van der Waals surface area contributed by atoms with Crippen LogP contribution in [0.1, 0.15) is 18.4 Å². The maximum Gasteiger partial charge on any atom is 0.239 e. The van der Waals surface area contributed by atoms with Gasteiger partial charge in [-0.2, -0.15) is 0 Å². The van der Waals surface area contributed by atoms with Gasteiger partial charge in [0.2, 0.25) is 5.91 Å².